The lowest BCUT2D eigenvalue weighted by Crippen LogP contribution is -2.18. The Kier molecular flexibility index (Phi) is 4.50. The third-order valence-corrected chi connectivity index (χ3v) is 6.51. The second-order valence-electron chi connectivity index (χ2n) is 5.81. The normalized spacial score (nSPS) is 11.9. The average molecular weight is 400 g/mol. The SMILES string of the molecule is CNS(=O)(=O)c1ccc(SC)c(Nc2ncnc3[nH]c4ccccc4c23)c1. The Morgan fingerprint density at radius 2 is 1.93 bits per heavy atom. The number of anilines is 2. The van der Waals surface area contributed by atoms with Crippen molar-refractivity contribution < 1.29 is 8.42 Å². The highest BCUT2D eigenvalue weighted by molar-refractivity contribution is 7.98. The van der Waals surface area contributed by atoms with E-state index in [0.29, 0.717) is 11.5 Å². The molecule has 3 N–H and O–H groups in total. The summed E-state index contributed by atoms with van der Waals surface area (Å²) in [6.45, 7) is 0. The van der Waals surface area contributed by atoms with Gasteiger partial charge < -0.3 is 10.3 Å². The van der Waals surface area contributed by atoms with Crippen LogP contribution < -0.4 is 10.0 Å². The summed E-state index contributed by atoms with van der Waals surface area (Å²) < 4.78 is 26.7. The Bertz CT molecular complexity index is 1250. The first kappa shape index (κ1) is 17.8. The van der Waals surface area contributed by atoms with Gasteiger partial charge in [-0.15, -0.1) is 11.8 Å². The Balaban J connectivity index is 1.88. The number of para-hydroxylation sites is 1. The van der Waals surface area contributed by atoms with E-state index in [2.05, 4.69) is 25.0 Å². The number of H-pyrrole nitrogens is 1. The van der Waals surface area contributed by atoms with Crippen LogP contribution in [-0.4, -0.2) is 36.7 Å². The molecule has 9 heteroatoms. The van der Waals surface area contributed by atoms with Gasteiger partial charge in [-0.1, -0.05) is 18.2 Å². The van der Waals surface area contributed by atoms with E-state index >= 15 is 0 Å². The van der Waals surface area contributed by atoms with Gasteiger partial charge in [0.05, 0.1) is 16.0 Å². The van der Waals surface area contributed by atoms with Gasteiger partial charge >= 0.3 is 0 Å². The number of benzene rings is 2. The van der Waals surface area contributed by atoms with Gasteiger partial charge in [-0.2, -0.15) is 0 Å². The second kappa shape index (κ2) is 6.84. The van der Waals surface area contributed by atoms with Gasteiger partial charge in [0, 0.05) is 15.8 Å². The van der Waals surface area contributed by atoms with Gasteiger partial charge in [-0.25, -0.2) is 23.1 Å². The number of thioether (sulfide) groups is 1. The van der Waals surface area contributed by atoms with Gasteiger partial charge in [-0.3, -0.25) is 0 Å². The number of nitrogens with zero attached hydrogens (tertiary/aromatic N) is 2. The number of hydrogen-bond donors (Lipinski definition) is 3. The van der Waals surface area contributed by atoms with Crippen LogP contribution in [0.2, 0.25) is 0 Å². The summed E-state index contributed by atoms with van der Waals surface area (Å²) in [6, 6.07) is 12.9. The van der Waals surface area contributed by atoms with Gasteiger partial charge in [0.1, 0.15) is 17.8 Å². The smallest absolute Gasteiger partial charge is 0.240 e. The molecule has 0 fully saturated rings. The molecule has 0 saturated heterocycles. The van der Waals surface area contributed by atoms with Crippen LogP contribution in [0.5, 0.6) is 0 Å². The summed E-state index contributed by atoms with van der Waals surface area (Å²) in [5.74, 6) is 0.617. The van der Waals surface area contributed by atoms with E-state index in [4.69, 9.17) is 0 Å². The molecule has 0 aliphatic rings. The first-order valence-electron chi connectivity index (χ1n) is 8.13. The number of nitrogens with one attached hydrogen (secondary N) is 3. The predicted octanol–water partition coefficient (Wildman–Crippen LogP) is 3.48. The van der Waals surface area contributed by atoms with Crippen molar-refractivity contribution in [1.29, 1.82) is 0 Å². The van der Waals surface area contributed by atoms with Crippen LogP contribution in [0.4, 0.5) is 11.5 Å². The predicted molar refractivity (Wildman–Crippen MR) is 109 cm³/mol. The van der Waals surface area contributed by atoms with Crippen molar-refractivity contribution in [2.75, 3.05) is 18.6 Å². The van der Waals surface area contributed by atoms with Crippen molar-refractivity contribution in [3.63, 3.8) is 0 Å². The molecule has 4 rings (SSSR count). The van der Waals surface area contributed by atoms with E-state index in [-0.39, 0.29) is 4.90 Å². The van der Waals surface area contributed by atoms with Crippen molar-refractivity contribution in [3.8, 4) is 0 Å². The van der Waals surface area contributed by atoms with Gasteiger partial charge in [-0.05, 0) is 37.6 Å². The molecule has 138 valence electrons. The van der Waals surface area contributed by atoms with E-state index in [9.17, 15) is 8.42 Å². The van der Waals surface area contributed by atoms with Crippen LogP contribution in [-0.2, 0) is 10.0 Å². The summed E-state index contributed by atoms with van der Waals surface area (Å²) in [5, 5.41) is 5.16. The molecule has 2 aromatic heterocycles. The highest BCUT2D eigenvalue weighted by atomic mass is 32.2. The number of rotatable bonds is 5. The lowest BCUT2D eigenvalue weighted by Gasteiger charge is -2.13. The van der Waals surface area contributed by atoms with Crippen molar-refractivity contribution in [2.24, 2.45) is 0 Å². The van der Waals surface area contributed by atoms with Crippen molar-refractivity contribution >= 4 is 55.2 Å². The third kappa shape index (κ3) is 3.14. The monoisotopic (exact) mass is 399 g/mol. The number of fused-ring (bicyclic) bond motifs is 3. The maximum absolute atomic E-state index is 12.2. The Labute approximate surface area is 160 Å². The lowest BCUT2D eigenvalue weighted by atomic mass is 10.2. The zero-order valence-corrected chi connectivity index (χ0v) is 16.3. The highest BCUT2D eigenvalue weighted by Crippen LogP contribution is 2.34. The molecule has 2 heterocycles. The summed E-state index contributed by atoms with van der Waals surface area (Å²) in [4.78, 5) is 13.1. The molecule has 0 unspecified atom stereocenters. The van der Waals surface area contributed by atoms with Gasteiger partial charge in [0.15, 0.2) is 0 Å². The van der Waals surface area contributed by atoms with Crippen LogP contribution in [0.25, 0.3) is 21.9 Å². The molecule has 4 aromatic rings. The minimum atomic E-state index is -3.54. The van der Waals surface area contributed by atoms with Crippen LogP contribution in [0.15, 0.2) is 58.6 Å². The van der Waals surface area contributed by atoms with Crippen LogP contribution in [0, 0.1) is 0 Å². The first-order valence-corrected chi connectivity index (χ1v) is 10.8. The second-order valence-corrected chi connectivity index (χ2v) is 8.55. The number of aromatic amines is 1. The number of hydrogen-bond acceptors (Lipinski definition) is 6. The molecular weight excluding hydrogens is 382 g/mol. The lowest BCUT2D eigenvalue weighted by molar-refractivity contribution is 0.588. The van der Waals surface area contributed by atoms with Crippen molar-refractivity contribution in [3.05, 3.63) is 48.8 Å². The minimum absolute atomic E-state index is 0.189. The molecule has 0 bridgehead atoms. The fourth-order valence-corrected chi connectivity index (χ4v) is 4.26. The Morgan fingerprint density at radius 3 is 2.70 bits per heavy atom. The molecule has 0 saturated carbocycles. The van der Waals surface area contributed by atoms with Crippen LogP contribution in [0.3, 0.4) is 0 Å². The molecule has 0 aliphatic heterocycles. The molecule has 2 aromatic carbocycles. The maximum atomic E-state index is 12.2. The van der Waals surface area contributed by atoms with E-state index in [1.807, 2.05) is 30.5 Å². The molecule has 7 nitrogen and oxygen atoms in total. The number of sulfonamides is 1. The van der Waals surface area contributed by atoms with E-state index in [1.165, 1.54) is 25.1 Å². The Morgan fingerprint density at radius 1 is 1.11 bits per heavy atom. The van der Waals surface area contributed by atoms with Crippen LogP contribution >= 0.6 is 11.8 Å². The molecule has 27 heavy (non-hydrogen) atoms. The fraction of sp³-hybridized carbons (Fsp3) is 0.111. The van der Waals surface area contributed by atoms with Crippen LogP contribution in [0.1, 0.15) is 0 Å². The number of aromatic nitrogens is 3. The third-order valence-electron chi connectivity index (χ3n) is 4.30. The summed E-state index contributed by atoms with van der Waals surface area (Å²) in [5.41, 5.74) is 2.36. The molecule has 0 amide bonds. The quantitative estimate of drug-likeness (QED) is 0.444. The van der Waals surface area contributed by atoms with E-state index in [1.54, 1.807) is 18.2 Å². The largest absolute Gasteiger partial charge is 0.339 e. The Hall–Kier alpha value is -2.62. The van der Waals surface area contributed by atoms with Crippen molar-refractivity contribution in [1.82, 2.24) is 19.7 Å². The molecule has 0 aliphatic carbocycles. The average Bonchev–Trinajstić information content (AvgIpc) is 3.07. The fourth-order valence-electron chi connectivity index (χ4n) is 2.97. The summed E-state index contributed by atoms with van der Waals surface area (Å²) in [6.07, 6.45) is 3.42. The first-order chi connectivity index (χ1) is 13.0. The van der Waals surface area contributed by atoms with Gasteiger partial charge in [0.2, 0.25) is 10.0 Å². The topological polar surface area (TPSA) is 99.8 Å². The molecule has 0 spiro atoms. The molecule has 0 radical (unpaired) electrons. The summed E-state index contributed by atoms with van der Waals surface area (Å²) in [7, 11) is -2.15. The van der Waals surface area contributed by atoms with Crippen molar-refractivity contribution in [2.45, 2.75) is 9.79 Å². The maximum Gasteiger partial charge on any atom is 0.240 e. The van der Waals surface area contributed by atoms with Gasteiger partial charge in [0.25, 0.3) is 0 Å². The van der Waals surface area contributed by atoms with E-state index in [0.717, 1.165) is 26.8 Å². The highest BCUT2D eigenvalue weighted by Gasteiger charge is 2.16. The zero-order valence-electron chi connectivity index (χ0n) is 14.6. The molecule has 0 atom stereocenters. The molecular formula is C18H17N5O2S2. The zero-order chi connectivity index (χ0) is 19.0. The summed E-state index contributed by atoms with van der Waals surface area (Å²) >= 11 is 1.52. The standard InChI is InChI=1S/C18H17N5O2S2/c1-19-27(24,25)11-7-8-15(26-2)14(9-11)23-18-16-12-5-3-4-6-13(12)22-17(16)20-10-21-18/h3-10,19H,1-2H3,(H2,20,21,22,23). The minimum Gasteiger partial charge on any atom is -0.339 e. The van der Waals surface area contributed by atoms with E-state index < -0.39 is 10.0 Å².